The highest BCUT2D eigenvalue weighted by atomic mass is 16.5. The van der Waals surface area contributed by atoms with Crippen molar-refractivity contribution in [3.8, 4) is 6.07 Å². The molecule has 1 fully saturated rings. The van der Waals surface area contributed by atoms with Crippen LogP contribution in [0.4, 0.5) is 0 Å². The van der Waals surface area contributed by atoms with E-state index < -0.39 is 11.7 Å². The largest absolute Gasteiger partial charge is 0.391 e. The van der Waals surface area contributed by atoms with E-state index in [4.69, 9.17) is 4.74 Å². The Bertz CT molecular complexity index is 528. The normalized spacial score (nSPS) is 33.6. The van der Waals surface area contributed by atoms with Gasteiger partial charge in [0.15, 0.2) is 5.60 Å². The van der Waals surface area contributed by atoms with Crippen LogP contribution in [0.2, 0.25) is 0 Å². The maximum Gasteiger partial charge on any atom is 0.160 e. The highest BCUT2D eigenvalue weighted by Crippen LogP contribution is 2.49. The van der Waals surface area contributed by atoms with Gasteiger partial charge in [0.05, 0.1) is 18.3 Å². The van der Waals surface area contributed by atoms with Crippen molar-refractivity contribution in [1.82, 2.24) is 0 Å². The molecule has 21 heavy (non-hydrogen) atoms. The van der Waals surface area contributed by atoms with Gasteiger partial charge in [-0.15, -0.1) is 0 Å². The monoisotopic (exact) mass is 285 g/mol. The summed E-state index contributed by atoms with van der Waals surface area (Å²) in [6, 6.07) is 11.0. The Labute approximate surface area is 126 Å². The molecule has 4 unspecified atom stereocenters. The number of nitrogens with zero attached hydrogens (tertiary/aromatic N) is 1. The fraction of sp³-hybridized carbons (Fsp3) is 0.611. The quantitative estimate of drug-likeness (QED) is 0.929. The minimum absolute atomic E-state index is 0.234. The van der Waals surface area contributed by atoms with Crippen LogP contribution in [-0.4, -0.2) is 22.9 Å². The van der Waals surface area contributed by atoms with Gasteiger partial charge < -0.3 is 9.84 Å². The molecule has 0 saturated heterocycles. The molecular weight excluding hydrogens is 262 g/mol. The third-order valence-electron chi connectivity index (χ3n) is 5.36. The molecule has 0 amide bonds. The molecule has 0 spiro atoms. The summed E-state index contributed by atoms with van der Waals surface area (Å²) in [6.45, 7) is 3.59. The van der Waals surface area contributed by atoms with Crippen LogP contribution in [0.5, 0.6) is 0 Å². The first-order chi connectivity index (χ1) is 10.1. The van der Waals surface area contributed by atoms with Crippen LogP contribution in [0, 0.1) is 23.2 Å². The Hall–Kier alpha value is -1.37. The maximum absolute atomic E-state index is 9.90. The number of aliphatic hydroxyl groups excluding tert-OH is 1. The van der Waals surface area contributed by atoms with Gasteiger partial charge in [0, 0.05) is 11.8 Å². The molecule has 1 aromatic rings. The average molecular weight is 285 g/mol. The Balaban J connectivity index is 1.95. The summed E-state index contributed by atoms with van der Waals surface area (Å²) in [4.78, 5) is 0. The average Bonchev–Trinajstić information content (AvgIpc) is 2.70. The van der Waals surface area contributed by atoms with Gasteiger partial charge in [0.1, 0.15) is 0 Å². The van der Waals surface area contributed by atoms with Crippen molar-refractivity contribution in [3.05, 3.63) is 35.4 Å². The summed E-state index contributed by atoms with van der Waals surface area (Å²) < 4.78 is 6.18. The minimum atomic E-state index is -0.741. The van der Waals surface area contributed by atoms with E-state index in [1.165, 1.54) is 11.1 Å². The first-order valence-electron chi connectivity index (χ1n) is 7.90. The third-order valence-corrected chi connectivity index (χ3v) is 5.36. The number of ether oxygens (including phenoxy) is 1. The first-order valence-corrected chi connectivity index (χ1v) is 7.90. The van der Waals surface area contributed by atoms with Crippen molar-refractivity contribution < 1.29 is 9.84 Å². The van der Waals surface area contributed by atoms with Crippen LogP contribution in [-0.2, 0) is 17.6 Å². The SMILES string of the molecule is CC(O)C(C)OC1(C#N)C2CCC1Cc1ccccc1C2. The summed E-state index contributed by atoms with van der Waals surface area (Å²) in [5.74, 6) is 0.467. The second-order valence-corrected chi connectivity index (χ2v) is 6.62. The van der Waals surface area contributed by atoms with E-state index in [0.29, 0.717) is 0 Å². The first kappa shape index (κ1) is 14.6. The van der Waals surface area contributed by atoms with Gasteiger partial charge in [0.2, 0.25) is 0 Å². The molecule has 2 bridgehead atoms. The third kappa shape index (κ3) is 2.37. The lowest BCUT2D eigenvalue weighted by molar-refractivity contribution is -0.129. The van der Waals surface area contributed by atoms with Gasteiger partial charge in [-0.3, -0.25) is 0 Å². The van der Waals surface area contributed by atoms with Gasteiger partial charge in [-0.1, -0.05) is 24.3 Å². The Kier molecular flexibility index (Phi) is 3.77. The van der Waals surface area contributed by atoms with Crippen LogP contribution in [0.25, 0.3) is 0 Å². The van der Waals surface area contributed by atoms with E-state index in [-0.39, 0.29) is 17.9 Å². The van der Waals surface area contributed by atoms with E-state index in [1.807, 2.05) is 6.92 Å². The van der Waals surface area contributed by atoms with Crippen LogP contribution >= 0.6 is 0 Å². The number of aliphatic hydroxyl groups is 1. The summed E-state index contributed by atoms with van der Waals surface area (Å²) in [6.07, 6.45) is 3.03. The van der Waals surface area contributed by atoms with Gasteiger partial charge >= 0.3 is 0 Å². The lowest BCUT2D eigenvalue weighted by Gasteiger charge is -2.36. The molecule has 4 atom stereocenters. The topological polar surface area (TPSA) is 53.2 Å². The Morgan fingerprint density at radius 3 is 2.14 bits per heavy atom. The van der Waals surface area contributed by atoms with Crippen LogP contribution in [0.1, 0.15) is 37.8 Å². The number of fused-ring (bicyclic) bond motifs is 3. The molecule has 2 aliphatic rings. The van der Waals surface area contributed by atoms with E-state index in [0.717, 1.165) is 25.7 Å². The molecule has 3 nitrogen and oxygen atoms in total. The van der Waals surface area contributed by atoms with Crippen molar-refractivity contribution >= 4 is 0 Å². The molecule has 1 N–H and O–H groups in total. The lowest BCUT2D eigenvalue weighted by Crippen LogP contribution is -2.46. The zero-order chi connectivity index (χ0) is 15.0. The van der Waals surface area contributed by atoms with Crippen LogP contribution in [0.3, 0.4) is 0 Å². The number of benzene rings is 1. The van der Waals surface area contributed by atoms with Crippen molar-refractivity contribution in [2.24, 2.45) is 11.8 Å². The van der Waals surface area contributed by atoms with Crippen molar-refractivity contribution in [2.45, 2.75) is 57.3 Å². The Morgan fingerprint density at radius 1 is 1.19 bits per heavy atom. The van der Waals surface area contributed by atoms with E-state index in [2.05, 4.69) is 30.3 Å². The number of hydrogen-bond donors (Lipinski definition) is 1. The van der Waals surface area contributed by atoms with Crippen LogP contribution in [0.15, 0.2) is 24.3 Å². The number of nitriles is 1. The predicted octanol–water partition coefficient (Wildman–Crippen LogP) is 2.86. The van der Waals surface area contributed by atoms with Gasteiger partial charge in [0.25, 0.3) is 0 Å². The van der Waals surface area contributed by atoms with Gasteiger partial charge in [-0.2, -0.15) is 5.26 Å². The standard InChI is InChI=1S/C18H23NO2/c1-12(20)13(2)21-18(11-19)16-7-8-17(18)10-15-6-4-3-5-14(15)9-16/h3-6,12-13,16-17,20H,7-10H2,1-2H3. The predicted molar refractivity (Wildman–Crippen MR) is 80.6 cm³/mol. The lowest BCUT2D eigenvalue weighted by atomic mass is 9.83. The van der Waals surface area contributed by atoms with Crippen molar-refractivity contribution in [2.75, 3.05) is 0 Å². The molecule has 0 radical (unpaired) electrons. The molecule has 1 saturated carbocycles. The second kappa shape index (κ2) is 5.44. The molecule has 1 aromatic carbocycles. The fourth-order valence-corrected chi connectivity index (χ4v) is 3.97. The van der Waals surface area contributed by atoms with E-state index >= 15 is 0 Å². The maximum atomic E-state index is 9.90. The number of rotatable bonds is 3. The molecule has 0 aromatic heterocycles. The minimum Gasteiger partial charge on any atom is -0.391 e. The zero-order valence-corrected chi connectivity index (χ0v) is 12.7. The number of hydrogen-bond acceptors (Lipinski definition) is 3. The van der Waals surface area contributed by atoms with Gasteiger partial charge in [-0.05, 0) is 50.7 Å². The smallest absolute Gasteiger partial charge is 0.160 e. The summed E-state index contributed by atoms with van der Waals surface area (Å²) in [5, 5.41) is 19.7. The molecule has 3 heteroatoms. The molecule has 112 valence electrons. The Morgan fingerprint density at radius 2 is 1.71 bits per heavy atom. The van der Waals surface area contributed by atoms with E-state index in [9.17, 15) is 10.4 Å². The summed E-state index contributed by atoms with van der Waals surface area (Å²) >= 11 is 0. The second-order valence-electron chi connectivity index (χ2n) is 6.62. The van der Waals surface area contributed by atoms with E-state index in [1.54, 1.807) is 6.92 Å². The van der Waals surface area contributed by atoms with Crippen LogP contribution < -0.4 is 0 Å². The van der Waals surface area contributed by atoms with Crippen molar-refractivity contribution in [3.63, 3.8) is 0 Å². The fourth-order valence-electron chi connectivity index (χ4n) is 3.97. The summed E-state index contributed by atoms with van der Waals surface area (Å²) in [5.41, 5.74) is 1.98. The molecule has 2 aliphatic carbocycles. The van der Waals surface area contributed by atoms with Gasteiger partial charge in [-0.25, -0.2) is 0 Å². The van der Waals surface area contributed by atoms with Crippen molar-refractivity contribution in [1.29, 1.82) is 5.26 Å². The molecular formula is C18H23NO2. The molecule has 3 rings (SSSR count). The molecule has 0 heterocycles. The zero-order valence-electron chi connectivity index (χ0n) is 12.7. The summed E-state index contributed by atoms with van der Waals surface area (Å²) in [7, 11) is 0. The highest BCUT2D eigenvalue weighted by molar-refractivity contribution is 5.34. The highest BCUT2D eigenvalue weighted by Gasteiger charge is 2.54. The molecule has 0 aliphatic heterocycles.